The summed E-state index contributed by atoms with van der Waals surface area (Å²) in [6, 6.07) is 20.2. The lowest BCUT2D eigenvalue weighted by Crippen LogP contribution is -2.48. The van der Waals surface area contributed by atoms with E-state index in [2.05, 4.69) is 11.1 Å². The molecule has 2 aromatic carbocycles. The van der Waals surface area contributed by atoms with Gasteiger partial charge in [-0.2, -0.15) is 14.6 Å². The minimum absolute atomic E-state index is 0.124. The molecule has 0 amide bonds. The van der Waals surface area contributed by atoms with Crippen LogP contribution in [0.2, 0.25) is 0 Å². The van der Waals surface area contributed by atoms with Crippen molar-refractivity contribution in [3.8, 4) is 23.5 Å². The quantitative estimate of drug-likeness (QED) is 0.351. The Morgan fingerprint density at radius 2 is 1.73 bits per heavy atom. The molecule has 0 radical (unpaired) electrons. The first-order chi connectivity index (χ1) is 17.8. The van der Waals surface area contributed by atoms with Crippen molar-refractivity contribution in [3.05, 3.63) is 83.2 Å². The first-order valence-electron chi connectivity index (χ1n) is 11.8. The van der Waals surface area contributed by atoms with Crippen molar-refractivity contribution < 1.29 is 22.0 Å². The third-order valence-electron chi connectivity index (χ3n) is 6.14. The monoisotopic (exact) mass is 518 g/mol. The molecule has 2 aromatic heterocycles. The molecule has 3 heterocycles. The van der Waals surface area contributed by atoms with E-state index in [9.17, 15) is 13.7 Å². The molecule has 10 heteroatoms. The van der Waals surface area contributed by atoms with Crippen LogP contribution >= 0.6 is 0 Å². The Bertz CT molecular complexity index is 1540. The van der Waals surface area contributed by atoms with E-state index >= 15 is 0 Å². The van der Waals surface area contributed by atoms with Crippen molar-refractivity contribution in [2.24, 2.45) is 0 Å². The van der Waals surface area contributed by atoms with Gasteiger partial charge >= 0.3 is 0 Å². The van der Waals surface area contributed by atoms with E-state index in [1.807, 2.05) is 49.1 Å². The molecule has 0 atom stereocenters. The van der Waals surface area contributed by atoms with Crippen LogP contribution in [0, 0.1) is 25.2 Å². The molecule has 1 fully saturated rings. The van der Waals surface area contributed by atoms with E-state index in [4.69, 9.17) is 13.6 Å². The molecule has 1 aliphatic heterocycles. The molecule has 4 aromatic rings. The van der Waals surface area contributed by atoms with E-state index in [1.54, 1.807) is 30.3 Å². The zero-order valence-electron chi connectivity index (χ0n) is 20.5. The van der Waals surface area contributed by atoms with Crippen LogP contribution in [-0.4, -0.2) is 43.9 Å². The van der Waals surface area contributed by atoms with Gasteiger partial charge in [0.2, 0.25) is 21.6 Å². The van der Waals surface area contributed by atoms with E-state index in [0.29, 0.717) is 30.5 Å². The molecule has 0 unspecified atom stereocenters. The Labute approximate surface area is 215 Å². The number of furan rings is 1. The van der Waals surface area contributed by atoms with Crippen molar-refractivity contribution in [1.29, 1.82) is 5.26 Å². The maximum Gasteiger partial charge on any atom is 0.266 e. The Morgan fingerprint density at radius 1 is 0.973 bits per heavy atom. The Hall–Kier alpha value is -4.07. The molecule has 5 rings (SSSR count). The van der Waals surface area contributed by atoms with Crippen molar-refractivity contribution >= 4 is 15.9 Å². The van der Waals surface area contributed by atoms with E-state index < -0.39 is 10.0 Å². The molecule has 0 bridgehead atoms. The topological polar surface area (TPSA) is 113 Å². The van der Waals surface area contributed by atoms with Gasteiger partial charge in [0.15, 0.2) is 5.76 Å². The number of ether oxygens (including phenoxy) is 1. The second-order valence-electron chi connectivity index (χ2n) is 8.86. The van der Waals surface area contributed by atoms with Crippen molar-refractivity contribution in [3.63, 3.8) is 0 Å². The van der Waals surface area contributed by atoms with E-state index in [-0.39, 0.29) is 36.2 Å². The van der Waals surface area contributed by atoms with Crippen molar-refractivity contribution in [2.75, 3.05) is 31.1 Å². The standard InChI is InChI=1S/C27H26N4O5S/c1-19-6-8-21(9-7-19)34-18-22-10-11-25(35-22)26-29-24(17-28)27(36-26)30-12-14-31(15-13-30)37(32,33)23-5-3-4-20(2)16-23/h3-11,16H,12-15,18H2,1-2H3. The number of aromatic nitrogens is 1. The van der Waals surface area contributed by atoms with Gasteiger partial charge in [0.25, 0.3) is 5.89 Å². The summed E-state index contributed by atoms with van der Waals surface area (Å²) in [4.78, 5) is 6.42. The van der Waals surface area contributed by atoms with E-state index in [0.717, 1.165) is 16.9 Å². The van der Waals surface area contributed by atoms with Gasteiger partial charge in [0.1, 0.15) is 24.2 Å². The molecule has 37 heavy (non-hydrogen) atoms. The van der Waals surface area contributed by atoms with Crippen LogP contribution in [0.1, 0.15) is 22.6 Å². The lowest BCUT2D eigenvalue weighted by atomic mass is 10.2. The Morgan fingerprint density at radius 3 is 2.43 bits per heavy atom. The van der Waals surface area contributed by atoms with Crippen LogP contribution in [0.4, 0.5) is 5.88 Å². The first-order valence-corrected chi connectivity index (χ1v) is 13.3. The molecular formula is C27H26N4O5S. The number of nitriles is 1. The lowest BCUT2D eigenvalue weighted by molar-refractivity contribution is 0.271. The maximum absolute atomic E-state index is 13.1. The second-order valence-corrected chi connectivity index (χ2v) is 10.8. The van der Waals surface area contributed by atoms with Crippen LogP contribution in [0.25, 0.3) is 11.7 Å². The second kappa shape index (κ2) is 10.1. The number of sulfonamides is 1. The highest BCUT2D eigenvalue weighted by Gasteiger charge is 2.31. The SMILES string of the molecule is Cc1ccc(OCc2ccc(-c3nc(C#N)c(N4CCN(S(=O)(=O)c5cccc(C)c5)CC4)o3)o2)cc1. The summed E-state index contributed by atoms with van der Waals surface area (Å²) < 4.78 is 45.1. The van der Waals surface area contributed by atoms with Crippen LogP contribution in [0.5, 0.6) is 5.75 Å². The van der Waals surface area contributed by atoms with Gasteiger partial charge in [-0.05, 0) is 55.8 Å². The molecule has 9 nitrogen and oxygen atoms in total. The number of piperazine rings is 1. The summed E-state index contributed by atoms with van der Waals surface area (Å²) in [5.74, 6) is 2.19. The Kier molecular flexibility index (Phi) is 6.74. The number of oxazole rings is 1. The van der Waals surface area contributed by atoms with Crippen LogP contribution in [0.3, 0.4) is 0 Å². The summed E-state index contributed by atoms with van der Waals surface area (Å²) >= 11 is 0. The summed E-state index contributed by atoms with van der Waals surface area (Å²) in [6.07, 6.45) is 0. The van der Waals surface area contributed by atoms with Gasteiger partial charge in [-0.25, -0.2) is 8.42 Å². The number of nitrogens with zero attached hydrogens (tertiary/aromatic N) is 4. The molecule has 1 saturated heterocycles. The van der Waals surface area contributed by atoms with Crippen LogP contribution < -0.4 is 9.64 Å². The zero-order valence-corrected chi connectivity index (χ0v) is 21.4. The minimum atomic E-state index is -3.60. The van der Waals surface area contributed by atoms with Gasteiger partial charge in [0, 0.05) is 26.2 Å². The van der Waals surface area contributed by atoms with Gasteiger partial charge in [-0.1, -0.05) is 29.8 Å². The molecule has 0 aliphatic carbocycles. The van der Waals surface area contributed by atoms with Crippen LogP contribution in [0.15, 0.2) is 74.4 Å². The number of anilines is 1. The lowest BCUT2D eigenvalue weighted by Gasteiger charge is -2.33. The highest BCUT2D eigenvalue weighted by atomic mass is 32.2. The summed E-state index contributed by atoms with van der Waals surface area (Å²) in [5, 5.41) is 9.64. The fourth-order valence-electron chi connectivity index (χ4n) is 4.12. The number of hydrogen-bond donors (Lipinski definition) is 0. The molecule has 0 N–H and O–H groups in total. The van der Waals surface area contributed by atoms with Crippen LogP contribution in [-0.2, 0) is 16.6 Å². The average Bonchev–Trinajstić information content (AvgIpc) is 3.56. The van der Waals surface area contributed by atoms with Gasteiger partial charge in [-0.15, -0.1) is 0 Å². The molecule has 190 valence electrons. The number of hydrogen-bond acceptors (Lipinski definition) is 8. The minimum Gasteiger partial charge on any atom is -0.486 e. The fraction of sp³-hybridized carbons (Fsp3) is 0.259. The predicted octanol–water partition coefficient (Wildman–Crippen LogP) is 4.51. The van der Waals surface area contributed by atoms with Crippen molar-refractivity contribution in [1.82, 2.24) is 9.29 Å². The smallest absolute Gasteiger partial charge is 0.266 e. The fourth-order valence-corrected chi connectivity index (χ4v) is 5.65. The maximum atomic E-state index is 13.1. The normalized spacial score (nSPS) is 14.5. The summed E-state index contributed by atoms with van der Waals surface area (Å²) in [6.45, 7) is 5.36. The molecular weight excluding hydrogens is 492 g/mol. The van der Waals surface area contributed by atoms with Gasteiger partial charge in [0.05, 0.1) is 4.90 Å². The first kappa shape index (κ1) is 24.6. The van der Waals surface area contributed by atoms with E-state index in [1.165, 1.54) is 4.31 Å². The Balaban J connectivity index is 1.26. The summed E-state index contributed by atoms with van der Waals surface area (Å²) in [7, 11) is -3.60. The van der Waals surface area contributed by atoms with Gasteiger partial charge in [-0.3, -0.25) is 0 Å². The largest absolute Gasteiger partial charge is 0.486 e. The third-order valence-corrected chi connectivity index (χ3v) is 8.04. The summed E-state index contributed by atoms with van der Waals surface area (Å²) in [5.41, 5.74) is 2.16. The highest BCUT2D eigenvalue weighted by Crippen LogP contribution is 2.31. The van der Waals surface area contributed by atoms with Crippen molar-refractivity contribution in [2.45, 2.75) is 25.3 Å². The molecule has 1 aliphatic rings. The number of benzene rings is 2. The zero-order chi connectivity index (χ0) is 26.0. The third kappa shape index (κ3) is 5.23. The van der Waals surface area contributed by atoms with Gasteiger partial charge < -0.3 is 18.5 Å². The molecule has 0 saturated carbocycles. The predicted molar refractivity (Wildman–Crippen MR) is 137 cm³/mol. The number of aryl methyl sites for hydroxylation is 2. The highest BCUT2D eigenvalue weighted by molar-refractivity contribution is 7.89. The average molecular weight is 519 g/mol. The molecule has 0 spiro atoms. The number of rotatable bonds is 7.